The van der Waals surface area contributed by atoms with E-state index in [1.807, 2.05) is 30.3 Å². The predicted octanol–water partition coefficient (Wildman–Crippen LogP) is 6.58. The smallest absolute Gasteiger partial charge is 0.416 e. The molecule has 5 rings (SSSR count). The van der Waals surface area contributed by atoms with Crippen molar-refractivity contribution in [2.75, 3.05) is 13.1 Å². The van der Waals surface area contributed by atoms with Crippen molar-refractivity contribution in [2.45, 2.75) is 12.1 Å². The summed E-state index contributed by atoms with van der Waals surface area (Å²) in [5, 5.41) is 14.5. The fraction of sp³-hybridized carbons (Fsp3) is 0.148. The maximum Gasteiger partial charge on any atom is 0.416 e. The molecular weight excluding hydrogens is 427 g/mol. The van der Waals surface area contributed by atoms with Gasteiger partial charge in [-0.3, -0.25) is 0 Å². The molecule has 0 spiro atoms. The van der Waals surface area contributed by atoms with Gasteiger partial charge < -0.3 is 10.4 Å². The Kier molecular flexibility index (Phi) is 5.17. The van der Waals surface area contributed by atoms with Crippen LogP contribution in [0.2, 0.25) is 0 Å². The summed E-state index contributed by atoms with van der Waals surface area (Å²) < 4.78 is 38.7. The van der Waals surface area contributed by atoms with E-state index >= 15 is 0 Å². The minimum atomic E-state index is -4.39. The molecule has 1 aliphatic heterocycles. The number of rotatable bonds is 4. The number of benzene rings is 4. The van der Waals surface area contributed by atoms with Gasteiger partial charge in [0.05, 0.1) is 11.1 Å². The van der Waals surface area contributed by atoms with Gasteiger partial charge in [-0.2, -0.15) is 13.2 Å². The quantitative estimate of drug-likeness (QED) is 0.372. The Morgan fingerprint density at radius 3 is 2.03 bits per heavy atom. The van der Waals surface area contributed by atoms with Crippen molar-refractivity contribution in [1.29, 1.82) is 0 Å². The number of aromatic carboxylic acids is 1. The Morgan fingerprint density at radius 2 is 1.45 bits per heavy atom. The molecule has 0 atom stereocenters. The van der Waals surface area contributed by atoms with E-state index in [-0.39, 0.29) is 5.56 Å². The third-order valence-corrected chi connectivity index (χ3v) is 6.22. The van der Waals surface area contributed by atoms with Gasteiger partial charge in [-0.25, -0.2) is 4.79 Å². The summed E-state index contributed by atoms with van der Waals surface area (Å²) in [6, 6.07) is 22.0. The molecule has 1 aliphatic rings. The zero-order chi connectivity index (χ0) is 23.2. The molecule has 1 saturated heterocycles. The van der Waals surface area contributed by atoms with Crippen LogP contribution in [0.1, 0.15) is 27.4 Å². The molecule has 4 aromatic rings. The molecule has 0 aliphatic carbocycles. The monoisotopic (exact) mass is 447 g/mol. The van der Waals surface area contributed by atoms with Gasteiger partial charge in [0, 0.05) is 19.0 Å². The van der Waals surface area contributed by atoms with Crippen LogP contribution in [0.15, 0.2) is 78.9 Å². The standard InChI is InChI=1S/C27H20F3NO2/c28-27(29,30)23-8-5-16(6-9-23)19-7-10-24-20(11-19)12-21(26(32)33)13-25(24)18-3-1-17(2-4-18)22-14-31-15-22/h1-13,22,31H,14-15H2,(H,32,33). The largest absolute Gasteiger partial charge is 0.478 e. The average Bonchev–Trinajstić information content (AvgIpc) is 2.77. The van der Waals surface area contributed by atoms with Gasteiger partial charge in [0.1, 0.15) is 0 Å². The minimum absolute atomic E-state index is 0.161. The van der Waals surface area contributed by atoms with Gasteiger partial charge in [-0.15, -0.1) is 0 Å². The van der Waals surface area contributed by atoms with E-state index in [0.29, 0.717) is 11.5 Å². The molecule has 0 bridgehead atoms. The van der Waals surface area contributed by atoms with Crippen molar-refractivity contribution >= 4 is 16.7 Å². The molecule has 1 heterocycles. The second-order valence-electron chi connectivity index (χ2n) is 8.32. The lowest BCUT2D eigenvalue weighted by molar-refractivity contribution is -0.137. The van der Waals surface area contributed by atoms with Crippen molar-refractivity contribution in [3.63, 3.8) is 0 Å². The molecule has 2 N–H and O–H groups in total. The first-order valence-corrected chi connectivity index (χ1v) is 10.6. The molecule has 6 heteroatoms. The van der Waals surface area contributed by atoms with Crippen LogP contribution < -0.4 is 5.32 Å². The van der Waals surface area contributed by atoms with E-state index in [1.54, 1.807) is 12.1 Å². The van der Waals surface area contributed by atoms with E-state index in [0.717, 1.165) is 52.7 Å². The maximum atomic E-state index is 12.9. The topological polar surface area (TPSA) is 49.3 Å². The van der Waals surface area contributed by atoms with Crippen LogP contribution in [0, 0.1) is 0 Å². The van der Waals surface area contributed by atoms with Gasteiger partial charge in [0.2, 0.25) is 0 Å². The summed E-state index contributed by atoms with van der Waals surface area (Å²) in [6.07, 6.45) is -4.39. The highest BCUT2D eigenvalue weighted by Gasteiger charge is 2.30. The summed E-state index contributed by atoms with van der Waals surface area (Å²) in [6.45, 7) is 1.92. The normalized spacial score (nSPS) is 14.3. The van der Waals surface area contributed by atoms with Crippen molar-refractivity contribution in [1.82, 2.24) is 5.32 Å². The van der Waals surface area contributed by atoms with E-state index in [9.17, 15) is 23.1 Å². The minimum Gasteiger partial charge on any atom is -0.478 e. The number of carboxylic acids is 1. The van der Waals surface area contributed by atoms with Crippen LogP contribution in [0.5, 0.6) is 0 Å². The van der Waals surface area contributed by atoms with Gasteiger partial charge >= 0.3 is 12.1 Å². The average molecular weight is 447 g/mol. The maximum absolute atomic E-state index is 12.9. The van der Waals surface area contributed by atoms with Crippen molar-refractivity contribution in [2.24, 2.45) is 0 Å². The molecule has 0 radical (unpaired) electrons. The molecule has 0 saturated carbocycles. The van der Waals surface area contributed by atoms with Crippen molar-refractivity contribution in [3.8, 4) is 22.3 Å². The molecule has 3 nitrogen and oxygen atoms in total. The van der Waals surface area contributed by atoms with Gasteiger partial charge in [0.15, 0.2) is 0 Å². The van der Waals surface area contributed by atoms with Gasteiger partial charge in [-0.1, -0.05) is 48.5 Å². The molecule has 33 heavy (non-hydrogen) atoms. The first-order valence-electron chi connectivity index (χ1n) is 10.6. The van der Waals surface area contributed by atoms with Crippen LogP contribution in [0.3, 0.4) is 0 Å². The summed E-state index contributed by atoms with van der Waals surface area (Å²) >= 11 is 0. The summed E-state index contributed by atoms with van der Waals surface area (Å²) in [5.74, 6) is -0.525. The molecular formula is C27H20F3NO2. The van der Waals surface area contributed by atoms with Crippen molar-refractivity contribution in [3.05, 3.63) is 95.6 Å². The Morgan fingerprint density at radius 1 is 0.818 bits per heavy atom. The summed E-state index contributed by atoms with van der Waals surface area (Å²) in [4.78, 5) is 11.8. The Labute approximate surface area is 188 Å². The second kappa shape index (κ2) is 8.05. The fourth-order valence-corrected chi connectivity index (χ4v) is 4.22. The van der Waals surface area contributed by atoms with Gasteiger partial charge in [-0.05, 0) is 68.9 Å². The number of carboxylic acid groups (broad SMARTS) is 1. The van der Waals surface area contributed by atoms with Crippen LogP contribution in [0.25, 0.3) is 33.0 Å². The number of hydrogen-bond acceptors (Lipinski definition) is 2. The van der Waals surface area contributed by atoms with E-state index < -0.39 is 17.7 Å². The summed E-state index contributed by atoms with van der Waals surface area (Å²) in [7, 11) is 0. The molecule has 0 unspecified atom stereocenters. The number of alkyl halides is 3. The predicted molar refractivity (Wildman–Crippen MR) is 122 cm³/mol. The van der Waals surface area contributed by atoms with E-state index in [1.165, 1.54) is 17.7 Å². The highest BCUT2D eigenvalue weighted by molar-refractivity contribution is 6.04. The lowest BCUT2D eigenvalue weighted by atomic mass is 9.90. The Hall–Kier alpha value is -3.64. The molecule has 1 fully saturated rings. The first-order chi connectivity index (χ1) is 15.8. The molecule has 4 aromatic carbocycles. The van der Waals surface area contributed by atoms with E-state index in [2.05, 4.69) is 17.4 Å². The number of nitrogens with one attached hydrogen (secondary N) is 1. The summed E-state index contributed by atoms with van der Waals surface area (Å²) in [5.41, 5.74) is 3.78. The van der Waals surface area contributed by atoms with Crippen molar-refractivity contribution < 1.29 is 23.1 Å². The van der Waals surface area contributed by atoms with Crippen LogP contribution in [-0.2, 0) is 6.18 Å². The lowest BCUT2D eigenvalue weighted by Crippen LogP contribution is -2.39. The Balaban J connectivity index is 1.58. The number of halogens is 3. The van der Waals surface area contributed by atoms with Crippen LogP contribution in [0.4, 0.5) is 13.2 Å². The van der Waals surface area contributed by atoms with Gasteiger partial charge in [0.25, 0.3) is 0 Å². The molecule has 166 valence electrons. The highest BCUT2D eigenvalue weighted by Crippen LogP contribution is 2.35. The third kappa shape index (κ3) is 4.10. The molecule has 0 aromatic heterocycles. The zero-order valence-corrected chi connectivity index (χ0v) is 17.5. The Bertz CT molecular complexity index is 1340. The second-order valence-corrected chi connectivity index (χ2v) is 8.32. The number of hydrogen-bond donors (Lipinski definition) is 2. The highest BCUT2D eigenvalue weighted by atomic mass is 19.4. The SMILES string of the molecule is O=C(O)c1cc(-c2ccc(C3CNC3)cc2)c2ccc(-c3ccc(C(F)(F)F)cc3)cc2c1. The fourth-order valence-electron chi connectivity index (χ4n) is 4.22. The van der Waals surface area contributed by atoms with E-state index in [4.69, 9.17) is 0 Å². The van der Waals surface area contributed by atoms with Crippen LogP contribution >= 0.6 is 0 Å². The lowest BCUT2D eigenvalue weighted by Gasteiger charge is -2.27. The number of fused-ring (bicyclic) bond motifs is 1. The van der Waals surface area contributed by atoms with Crippen LogP contribution in [-0.4, -0.2) is 24.2 Å². The number of carbonyl (C=O) groups is 1. The first kappa shape index (κ1) is 21.2. The third-order valence-electron chi connectivity index (χ3n) is 6.22. The molecule has 0 amide bonds. The zero-order valence-electron chi connectivity index (χ0n) is 17.5.